The Hall–Kier alpha value is -3.70. The van der Waals surface area contributed by atoms with E-state index in [1.807, 2.05) is 13.0 Å². The van der Waals surface area contributed by atoms with Crippen LogP contribution in [0.2, 0.25) is 0 Å². The lowest BCUT2D eigenvalue weighted by Crippen LogP contribution is -2.59. The monoisotopic (exact) mass is 455 g/mol. The van der Waals surface area contributed by atoms with Crippen molar-refractivity contribution in [2.75, 3.05) is 5.32 Å². The Kier molecular flexibility index (Phi) is 4.94. The van der Waals surface area contributed by atoms with E-state index in [-0.39, 0.29) is 17.5 Å². The zero-order chi connectivity index (χ0) is 23.3. The number of carbonyl (C=O) groups is 1. The molecule has 4 heterocycles. The van der Waals surface area contributed by atoms with Crippen LogP contribution in [0.5, 0.6) is 0 Å². The van der Waals surface area contributed by atoms with Crippen molar-refractivity contribution in [1.82, 2.24) is 39.4 Å². The van der Waals surface area contributed by atoms with Gasteiger partial charge in [0.25, 0.3) is 6.43 Å². The number of hydrogen-bond acceptors (Lipinski definition) is 7. The highest BCUT2D eigenvalue weighted by Gasteiger charge is 2.41. The van der Waals surface area contributed by atoms with Gasteiger partial charge < -0.3 is 15.2 Å². The molecule has 12 heteroatoms. The Bertz CT molecular complexity index is 1360. The summed E-state index contributed by atoms with van der Waals surface area (Å²) in [6, 6.07) is 2.00. The number of fused-ring (bicyclic) bond motifs is 2. The average Bonchev–Trinajstić information content (AvgIpc) is 3.26. The van der Waals surface area contributed by atoms with E-state index < -0.39 is 13.0 Å². The summed E-state index contributed by atoms with van der Waals surface area (Å²) < 4.78 is 29.1. The number of aromatic nitrogens is 7. The molecule has 4 aromatic heterocycles. The second-order valence-electron chi connectivity index (χ2n) is 8.70. The average molecular weight is 455 g/mol. The molecule has 0 bridgehead atoms. The largest absolute Gasteiger partial charge is 0.351 e. The molecule has 5 rings (SSSR count). The SMILES string of the molecule is CC(=O)NC1(C)CC(Nc2ncc3c(-c4cnc5nc(C)n(CC(F)F)c5n4)ccn3n2)C1. The number of hydrogen-bond donors (Lipinski definition) is 2. The number of imidazole rings is 1. The molecule has 172 valence electrons. The van der Waals surface area contributed by atoms with E-state index in [9.17, 15) is 13.6 Å². The van der Waals surface area contributed by atoms with Gasteiger partial charge in [-0.2, -0.15) is 0 Å². The molecular formula is C21H23F2N9O. The second kappa shape index (κ2) is 7.71. The highest BCUT2D eigenvalue weighted by molar-refractivity contribution is 5.80. The van der Waals surface area contributed by atoms with E-state index in [0.717, 1.165) is 18.4 Å². The highest BCUT2D eigenvalue weighted by Crippen LogP contribution is 2.33. The normalized spacial score (nSPS) is 20.4. The number of nitrogens with one attached hydrogen (secondary N) is 2. The lowest BCUT2D eigenvalue weighted by molar-refractivity contribution is -0.121. The van der Waals surface area contributed by atoms with E-state index in [4.69, 9.17) is 0 Å². The maximum absolute atomic E-state index is 13.0. The smallest absolute Gasteiger partial charge is 0.256 e. The minimum atomic E-state index is -2.52. The topological polar surface area (TPSA) is 115 Å². The fourth-order valence-electron chi connectivity index (χ4n) is 4.51. The zero-order valence-electron chi connectivity index (χ0n) is 18.4. The van der Waals surface area contributed by atoms with Gasteiger partial charge in [-0.3, -0.25) is 4.79 Å². The summed E-state index contributed by atoms with van der Waals surface area (Å²) in [5.41, 5.74) is 2.41. The maximum Gasteiger partial charge on any atom is 0.256 e. The van der Waals surface area contributed by atoms with Crippen LogP contribution in [0.15, 0.2) is 24.7 Å². The van der Waals surface area contributed by atoms with E-state index in [2.05, 4.69) is 35.7 Å². The van der Waals surface area contributed by atoms with Crippen molar-refractivity contribution in [1.29, 1.82) is 0 Å². The van der Waals surface area contributed by atoms with Gasteiger partial charge in [0.2, 0.25) is 11.9 Å². The Labute approximate surface area is 187 Å². The number of nitrogens with zero attached hydrogens (tertiary/aromatic N) is 7. The molecule has 0 aromatic carbocycles. The third-order valence-electron chi connectivity index (χ3n) is 5.87. The first-order chi connectivity index (χ1) is 15.7. The van der Waals surface area contributed by atoms with Crippen molar-refractivity contribution in [2.45, 2.75) is 58.2 Å². The van der Waals surface area contributed by atoms with Gasteiger partial charge >= 0.3 is 0 Å². The summed E-state index contributed by atoms with van der Waals surface area (Å²) in [6.45, 7) is 4.70. The van der Waals surface area contributed by atoms with Crippen molar-refractivity contribution < 1.29 is 13.6 Å². The Morgan fingerprint density at radius 2 is 2.06 bits per heavy atom. The van der Waals surface area contributed by atoms with Crippen LogP contribution in [0.3, 0.4) is 0 Å². The molecule has 0 spiro atoms. The molecule has 0 aliphatic heterocycles. The minimum absolute atomic E-state index is 0.0396. The van der Waals surface area contributed by atoms with E-state index in [1.165, 1.54) is 11.5 Å². The zero-order valence-corrected chi connectivity index (χ0v) is 18.4. The fourth-order valence-corrected chi connectivity index (χ4v) is 4.51. The molecule has 0 saturated heterocycles. The Balaban J connectivity index is 1.39. The maximum atomic E-state index is 13.0. The molecule has 33 heavy (non-hydrogen) atoms. The number of carbonyl (C=O) groups excluding carboxylic acids is 1. The van der Waals surface area contributed by atoms with E-state index >= 15 is 0 Å². The molecule has 1 fully saturated rings. The Morgan fingerprint density at radius 1 is 1.27 bits per heavy atom. The summed E-state index contributed by atoms with van der Waals surface area (Å²) in [4.78, 5) is 28.8. The predicted octanol–water partition coefficient (Wildman–Crippen LogP) is 2.58. The van der Waals surface area contributed by atoms with Crippen LogP contribution in [0.4, 0.5) is 14.7 Å². The Morgan fingerprint density at radius 3 is 2.79 bits per heavy atom. The van der Waals surface area contributed by atoms with E-state index in [1.54, 1.807) is 30.0 Å². The molecule has 0 atom stereocenters. The van der Waals surface area contributed by atoms with Gasteiger partial charge in [-0.05, 0) is 32.8 Å². The van der Waals surface area contributed by atoms with Gasteiger partial charge in [0.15, 0.2) is 11.3 Å². The summed E-state index contributed by atoms with van der Waals surface area (Å²) >= 11 is 0. The van der Waals surface area contributed by atoms with Crippen molar-refractivity contribution in [2.24, 2.45) is 0 Å². The molecule has 1 aliphatic carbocycles. The first-order valence-corrected chi connectivity index (χ1v) is 10.6. The number of amides is 1. The third-order valence-corrected chi connectivity index (χ3v) is 5.87. The third kappa shape index (κ3) is 3.96. The number of halogens is 2. The van der Waals surface area contributed by atoms with Gasteiger partial charge in [0.05, 0.1) is 30.1 Å². The first kappa shape index (κ1) is 21.2. The van der Waals surface area contributed by atoms with Gasteiger partial charge in [-0.25, -0.2) is 33.2 Å². The molecule has 0 unspecified atom stereocenters. The summed E-state index contributed by atoms with van der Waals surface area (Å²) in [5, 5.41) is 10.8. The summed E-state index contributed by atoms with van der Waals surface area (Å²) in [7, 11) is 0. The predicted molar refractivity (Wildman–Crippen MR) is 117 cm³/mol. The molecule has 4 aromatic rings. The second-order valence-corrected chi connectivity index (χ2v) is 8.70. The molecule has 1 saturated carbocycles. The number of rotatable bonds is 6. The number of aryl methyl sites for hydroxylation is 1. The van der Waals surface area contributed by atoms with E-state index in [0.29, 0.717) is 34.3 Å². The molecule has 10 nitrogen and oxygen atoms in total. The van der Waals surface area contributed by atoms with Gasteiger partial charge in [-0.1, -0.05) is 0 Å². The minimum Gasteiger partial charge on any atom is -0.351 e. The summed E-state index contributed by atoms with van der Waals surface area (Å²) in [5.74, 6) is 0.878. The molecule has 1 amide bonds. The van der Waals surface area contributed by atoms with Crippen molar-refractivity contribution in [3.63, 3.8) is 0 Å². The van der Waals surface area contributed by atoms with Crippen LogP contribution in [0.1, 0.15) is 32.5 Å². The van der Waals surface area contributed by atoms with Gasteiger partial charge in [0, 0.05) is 30.3 Å². The quantitative estimate of drug-likeness (QED) is 0.459. The van der Waals surface area contributed by atoms with Crippen LogP contribution >= 0.6 is 0 Å². The van der Waals surface area contributed by atoms with Crippen LogP contribution in [-0.2, 0) is 11.3 Å². The molecule has 1 aliphatic rings. The van der Waals surface area contributed by atoms with Crippen molar-refractivity contribution in [3.8, 4) is 11.3 Å². The first-order valence-electron chi connectivity index (χ1n) is 10.6. The lowest BCUT2D eigenvalue weighted by atomic mass is 9.74. The standard InChI is InChI=1S/C21H23F2N9O/c1-11-26-18-19(31(11)10-17(22)23)28-15(8-24-18)14-4-5-32-16(14)9-25-20(30-32)27-13-6-21(3,7-13)29-12(2)33/h4-5,8-9,13,17H,6-7,10H2,1-3H3,(H,27,30)(H,29,33). The summed E-state index contributed by atoms with van der Waals surface area (Å²) in [6.07, 6.45) is 4.09. The molecule has 2 N–H and O–H groups in total. The van der Waals surface area contributed by atoms with Crippen LogP contribution in [0, 0.1) is 6.92 Å². The van der Waals surface area contributed by atoms with Crippen molar-refractivity contribution >= 4 is 28.7 Å². The number of anilines is 1. The van der Waals surface area contributed by atoms with Crippen LogP contribution < -0.4 is 10.6 Å². The van der Waals surface area contributed by atoms with Gasteiger partial charge in [-0.15, -0.1) is 5.10 Å². The fraction of sp³-hybridized carbons (Fsp3) is 0.429. The molecule has 0 radical (unpaired) electrons. The van der Waals surface area contributed by atoms with Crippen LogP contribution in [-0.4, -0.2) is 58.0 Å². The van der Waals surface area contributed by atoms with Crippen LogP contribution in [0.25, 0.3) is 28.1 Å². The van der Waals surface area contributed by atoms with Gasteiger partial charge in [0.1, 0.15) is 5.82 Å². The lowest BCUT2D eigenvalue weighted by Gasteiger charge is -2.45. The number of alkyl halides is 2. The molecular weight excluding hydrogens is 432 g/mol. The van der Waals surface area contributed by atoms with Crippen molar-refractivity contribution in [3.05, 3.63) is 30.5 Å². The highest BCUT2D eigenvalue weighted by atomic mass is 19.3.